The van der Waals surface area contributed by atoms with Crippen LogP contribution in [-0.2, 0) is 10.3 Å². The number of halogens is 2. The first-order valence-electron chi connectivity index (χ1n) is 7.09. The molecule has 22 heavy (non-hydrogen) atoms. The quantitative estimate of drug-likeness (QED) is 0.569. The Hall–Kier alpha value is -1.29. The highest BCUT2D eigenvalue weighted by molar-refractivity contribution is 6.48. The lowest BCUT2D eigenvalue weighted by Gasteiger charge is -2.20. The van der Waals surface area contributed by atoms with Crippen LogP contribution in [0.5, 0.6) is 11.6 Å². The van der Waals surface area contributed by atoms with Crippen LogP contribution in [-0.4, -0.2) is 15.9 Å². The van der Waals surface area contributed by atoms with E-state index in [1.807, 2.05) is 43.3 Å². The lowest BCUT2D eigenvalue weighted by atomic mass is 9.94. The Morgan fingerprint density at radius 2 is 2.09 bits per heavy atom. The zero-order valence-corrected chi connectivity index (χ0v) is 14.0. The van der Waals surface area contributed by atoms with Gasteiger partial charge in [0.2, 0.25) is 5.88 Å². The summed E-state index contributed by atoms with van der Waals surface area (Å²) in [6, 6.07) is 11.6. The number of benzene rings is 1. The summed E-state index contributed by atoms with van der Waals surface area (Å²) in [4.78, 5) is 4.24. The molecule has 0 N–H and O–H groups in total. The van der Waals surface area contributed by atoms with E-state index >= 15 is 0 Å². The van der Waals surface area contributed by atoms with Crippen LogP contribution in [0.15, 0.2) is 42.6 Å². The van der Waals surface area contributed by atoms with Gasteiger partial charge >= 0.3 is 0 Å². The molecule has 0 amide bonds. The van der Waals surface area contributed by atoms with E-state index in [0.29, 0.717) is 18.9 Å². The van der Waals surface area contributed by atoms with Crippen LogP contribution in [0.3, 0.4) is 0 Å². The zero-order valence-electron chi connectivity index (χ0n) is 12.5. The number of rotatable bonds is 5. The van der Waals surface area contributed by atoms with Crippen molar-refractivity contribution in [3.63, 3.8) is 0 Å². The molecule has 1 aromatic heterocycles. The number of aromatic nitrogens is 1. The van der Waals surface area contributed by atoms with Crippen LogP contribution in [0.1, 0.15) is 24.5 Å². The third kappa shape index (κ3) is 3.72. The maximum atomic E-state index is 6.14. The molecule has 3 nitrogen and oxygen atoms in total. The molecule has 0 aliphatic carbocycles. The van der Waals surface area contributed by atoms with Crippen molar-refractivity contribution in [3.05, 3.63) is 53.7 Å². The molecule has 1 aromatic carbocycles. The minimum Gasteiger partial charge on any atom is -0.439 e. The van der Waals surface area contributed by atoms with Crippen molar-refractivity contribution in [2.24, 2.45) is 0 Å². The molecule has 116 valence electrons. The summed E-state index contributed by atoms with van der Waals surface area (Å²) in [6.07, 6.45) is 2.31. The van der Waals surface area contributed by atoms with E-state index in [-0.39, 0.29) is 0 Å². The maximum Gasteiger partial charge on any atom is 0.219 e. The largest absolute Gasteiger partial charge is 0.439 e. The van der Waals surface area contributed by atoms with Gasteiger partial charge in [0.05, 0.1) is 6.61 Å². The van der Waals surface area contributed by atoms with Crippen molar-refractivity contribution >= 4 is 23.2 Å². The van der Waals surface area contributed by atoms with E-state index in [2.05, 4.69) is 4.98 Å². The lowest BCUT2D eigenvalue weighted by Crippen LogP contribution is -2.20. The van der Waals surface area contributed by atoms with Crippen LogP contribution in [0, 0.1) is 6.92 Å². The van der Waals surface area contributed by atoms with Crippen LogP contribution >= 0.6 is 23.2 Å². The zero-order chi connectivity index (χ0) is 15.8. The van der Waals surface area contributed by atoms with E-state index in [1.54, 1.807) is 13.1 Å². The molecule has 1 fully saturated rings. The number of aryl methyl sites for hydroxylation is 1. The first-order chi connectivity index (χ1) is 10.4. The molecule has 2 aromatic rings. The van der Waals surface area contributed by atoms with E-state index in [0.717, 1.165) is 16.9 Å². The molecule has 2 heterocycles. The topological polar surface area (TPSA) is 34.6 Å². The molecule has 3 rings (SSSR count). The van der Waals surface area contributed by atoms with Crippen molar-refractivity contribution in [1.82, 2.24) is 4.98 Å². The standard InChI is InChI=1S/C17H17Cl2NO2/c1-12-6-7-15(20-9-12)22-14-5-3-4-13(8-14)17(11-21-17)10-16(2,18)19/h3-9H,10-11H2,1-2H3. The summed E-state index contributed by atoms with van der Waals surface area (Å²) in [5, 5.41) is 0. The van der Waals surface area contributed by atoms with Gasteiger partial charge in [-0.15, -0.1) is 23.2 Å². The summed E-state index contributed by atoms with van der Waals surface area (Å²) in [5.74, 6) is 1.28. The molecule has 1 atom stereocenters. The molecular weight excluding hydrogens is 321 g/mol. The van der Waals surface area contributed by atoms with E-state index in [4.69, 9.17) is 32.7 Å². The highest BCUT2D eigenvalue weighted by Gasteiger charge is 2.50. The van der Waals surface area contributed by atoms with Crippen molar-refractivity contribution in [2.75, 3.05) is 6.61 Å². The summed E-state index contributed by atoms with van der Waals surface area (Å²) in [6.45, 7) is 4.38. The van der Waals surface area contributed by atoms with Crippen LogP contribution in [0.2, 0.25) is 0 Å². The number of hydrogen-bond acceptors (Lipinski definition) is 3. The van der Waals surface area contributed by atoms with Crippen LogP contribution in [0.25, 0.3) is 0 Å². The molecule has 0 saturated carbocycles. The van der Waals surface area contributed by atoms with Gasteiger partial charge in [-0.05, 0) is 37.1 Å². The maximum absolute atomic E-state index is 6.14. The third-order valence-electron chi connectivity index (χ3n) is 3.56. The second-order valence-corrected chi connectivity index (χ2v) is 7.70. The monoisotopic (exact) mass is 337 g/mol. The Morgan fingerprint density at radius 1 is 1.32 bits per heavy atom. The van der Waals surface area contributed by atoms with Gasteiger partial charge in [0.1, 0.15) is 15.7 Å². The van der Waals surface area contributed by atoms with Gasteiger partial charge in [0, 0.05) is 18.7 Å². The Kier molecular flexibility index (Phi) is 4.06. The number of ether oxygens (including phenoxy) is 2. The minimum absolute atomic E-state index is 0.404. The number of alkyl halides is 2. The number of hydrogen-bond donors (Lipinski definition) is 0. The van der Waals surface area contributed by atoms with E-state index in [9.17, 15) is 0 Å². The van der Waals surface area contributed by atoms with Crippen LogP contribution in [0.4, 0.5) is 0 Å². The van der Waals surface area contributed by atoms with Gasteiger partial charge in [0.15, 0.2) is 0 Å². The fourth-order valence-electron chi connectivity index (χ4n) is 2.44. The second-order valence-electron chi connectivity index (χ2n) is 5.83. The predicted octanol–water partition coefficient (Wildman–Crippen LogP) is 4.99. The van der Waals surface area contributed by atoms with Gasteiger partial charge in [-0.2, -0.15) is 0 Å². The molecular formula is C17H17Cl2NO2. The Balaban J connectivity index is 1.80. The summed E-state index contributed by atoms with van der Waals surface area (Å²) in [5.41, 5.74) is 1.71. The Morgan fingerprint density at radius 3 is 2.68 bits per heavy atom. The second kappa shape index (κ2) is 5.73. The fourth-order valence-corrected chi connectivity index (χ4v) is 2.87. The SMILES string of the molecule is Cc1ccc(Oc2cccc(C3(CC(C)(Cl)Cl)CO3)c2)nc1. The molecule has 5 heteroatoms. The number of pyridine rings is 1. The van der Waals surface area contributed by atoms with E-state index < -0.39 is 9.93 Å². The molecule has 0 radical (unpaired) electrons. The van der Waals surface area contributed by atoms with Crippen molar-refractivity contribution in [3.8, 4) is 11.6 Å². The minimum atomic E-state index is -0.828. The first-order valence-corrected chi connectivity index (χ1v) is 7.85. The van der Waals surface area contributed by atoms with Crippen molar-refractivity contribution in [2.45, 2.75) is 30.2 Å². The molecule has 0 spiro atoms. The van der Waals surface area contributed by atoms with Gasteiger partial charge < -0.3 is 9.47 Å². The molecule has 1 aliphatic heterocycles. The summed E-state index contributed by atoms with van der Waals surface area (Å²) in [7, 11) is 0. The molecule has 1 saturated heterocycles. The first kappa shape index (κ1) is 15.6. The van der Waals surface area contributed by atoms with Gasteiger partial charge in [-0.25, -0.2) is 4.98 Å². The summed E-state index contributed by atoms with van der Waals surface area (Å²) < 4.78 is 10.6. The summed E-state index contributed by atoms with van der Waals surface area (Å²) >= 11 is 12.3. The lowest BCUT2D eigenvalue weighted by molar-refractivity contribution is 0.286. The Bertz CT molecular complexity index is 661. The third-order valence-corrected chi connectivity index (χ3v) is 3.82. The van der Waals surface area contributed by atoms with Crippen LogP contribution < -0.4 is 4.74 Å². The normalized spacial score (nSPS) is 20.7. The fraction of sp³-hybridized carbons (Fsp3) is 0.353. The average molecular weight is 338 g/mol. The highest BCUT2D eigenvalue weighted by atomic mass is 35.5. The van der Waals surface area contributed by atoms with E-state index in [1.165, 1.54) is 0 Å². The molecule has 1 aliphatic rings. The molecule has 0 bridgehead atoms. The van der Waals surface area contributed by atoms with Crippen molar-refractivity contribution in [1.29, 1.82) is 0 Å². The number of nitrogens with zero attached hydrogens (tertiary/aromatic N) is 1. The molecule has 1 unspecified atom stereocenters. The van der Waals surface area contributed by atoms with Crippen molar-refractivity contribution < 1.29 is 9.47 Å². The van der Waals surface area contributed by atoms with Gasteiger partial charge in [-0.1, -0.05) is 18.2 Å². The Labute approximate surface area is 140 Å². The number of epoxide rings is 1. The highest BCUT2D eigenvalue weighted by Crippen LogP contribution is 2.48. The smallest absolute Gasteiger partial charge is 0.219 e. The van der Waals surface area contributed by atoms with Gasteiger partial charge in [-0.3, -0.25) is 0 Å². The van der Waals surface area contributed by atoms with Gasteiger partial charge in [0.25, 0.3) is 0 Å². The average Bonchev–Trinajstić information content (AvgIpc) is 3.21. The predicted molar refractivity (Wildman–Crippen MR) is 87.8 cm³/mol.